The molecule has 0 aromatic heterocycles. The van der Waals surface area contributed by atoms with Crippen molar-refractivity contribution in [3.05, 3.63) is 36.5 Å². The van der Waals surface area contributed by atoms with E-state index in [1.54, 1.807) is 24.3 Å². The molecule has 0 aromatic rings. The molecule has 0 aromatic carbocycles. The number of nitrogens with two attached hydrogens (primary N) is 1. The molecular weight excluding hydrogens is 470 g/mol. The van der Waals surface area contributed by atoms with E-state index in [4.69, 9.17) is 15.2 Å². The minimum absolute atomic E-state index is 0.209. The van der Waals surface area contributed by atoms with Crippen LogP contribution in [-0.4, -0.2) is 71.4 Å². The number of carbonyl (C=O) groups excluding carboxylic acids is 1. The van der Waals surface area contributed by atoms with Crippen LogP contribution in [0, 0.1) is 28.1 Å². The maximum atomic E-state index is 13.5. The van der Waals surface area contributed by atoms with Gasteiger partial charge in [0.2, 0.25) is 5.60 Å². The molecule has 1 saturated carbocycles. The van der Waals surface area contributed by atoms with Gasteiger partial charge in [-0.2, -0.15) is 10.4 Å². The molecular formula is C28H41N5O4. The second-order valence-corrected chi connectivity index (χ2v) is 12.1. The lowest BCUT2D eigenvalue weighted by Crippen LogP contribution is -2.85. The standard InChI is InChI=1S/C28H41N5O4/c1-24(2)18-25(3,4)28(24,37-26(19-29)13-7-6-8-21(26)36-5)27(23(30)35)14-9-22(31-32-27)33-15-10-20(11-16-33)12-17-34/h6-9,13-14,20-21,32,34H,10-12,15-18H2,1-5H3,(H2,30,35)/t21?,26-,27+/m1/s1. The van der Waals surface area contributed by atoms with Crippen molar-refractivity contribution in [1.29, 1.82) is 5.26 Å². The number of aliphatic hydroxyl groups is 1. The fourth-order valence-corrected chi connectivity index (χ4v) is 7.65. The van der Waals surface area contributed by atoms with Crippen molar-refractivity contribution >= 4 is 11.7 Å². The van der Waals surface area contributed by atoms with Crippen LogP contribution in [0.2, 0.25) is 0 Å². The zero-order valence-electron chi connectivity index (χ0n) is 22.7. The average Bonchev–Trinajstić information content (AvgIpc) is 2.87. The molecule has 2 heterocycles. The van der Waals surface area contributed by atoms with Crippen LogP contribution >= 0.6 is 0 Å². The number of piperidine rings is 1. The van der Waals surface area contributed by atoms with Gasteiger partial charge in [0.25, 0.3) is 5.91 Å². The fraction of sp³-hybridized carbons (Fsp3) is 0.679. The molecule has 2 aliphatic heterocycles. The monoisotopic (exact) mass is 511 g/mol. The maximum Gasteiger partial charge on any atom is 0.251 e. The van der Waals surface area contributed by atoms with Gasteiger partial charge < -0.3 is 25.2 Å². The SMILES string of the molecule is COC1C=CC=C[C@]1(C#N)OC1([C@@]2(C(N)=O)C=CC(N3CCC(CCO)CC3)=NN2)C(C)(C)CC1(C)C. The van der Waals surface area contributed by atoms with Crippen LogP contribution in [0.3, 0.4) is 0 Å². The van der Waals surface area contributed by atoms with Crippen molar-refractivity contribution in [2.45, 2.75) is 76.2 Å². The molecule has 0 radical (unpaired) electrons. The molecule has 4 N–H and O–H groups in total. The van der Waals surface area contributed by atoms with Crippen LogP contribution in [0.1, 0.15) is 53.4 Å². The van der Waals surface area contributed by atoms with Gasteiger partial charge in [-0.05, 0) is 60.7 Å². The largest absolute Gasteiger partial charge is 0.396 e. The van der Waals surface area contributed by atoms with Gasteiger partial charge in [0, 0.05) is 26.8 Å². The fourth-order valence-electron chi connectivity index (χ4n) is 7.65. The Kier molecular flexibility index (Phi) is 7.08. The number of carbonyl (C=O) groups is 1. The number of allylic oxidation sites excluding steroid dienone is 2. The second-order valence-electron chi connectivity index (χ2n) is 12.1. The number of hydrogen-bond donors (Lipinski definition) is 3. The summed E-state index contributed by atoms with van der Waals surface area (Å²) in [5.74, 6) is 0.620. The Morgan fingerprint density at radius 2 is 1.92 bits per heavy atom. The van der Waals surface area contributed by atoms with E-state index in [0.29, 0.717) is 5.92 Å². The smallest absolute Gasteiger partial charge is 0.251 e. The number of amidine groups is 1. The third-order valence-corrected chi connectivity index (χ3v) is 8.95. The number of methoxy groups -OCH3 is 1. The molecule has 9 heteroatoms. The Bertz CT molecular complexity index is 1050. The second kappa shape index (κ2) is 9.57. The molecule has 2 fully saturated rings. The Labute approximate surface area is 220 Å². The van der Waals surface area contributed by atoms with Crippen molar-refractivity contribution in [3.63, 3.8) is 0 Å². The zero-order valence-corrected chi connectivity index (χ0v) is 22.7. The van der Waals surface area contributed by atoms with Gasteiger partial charge in [-0.25, -0.2) is 0 Å². The topological polar surface area (TPSA) is 133 Å². The summed E-state index contributed by atoms with van der Waals surface area (Å²) < 4.78 is 12.6. The first-order chi connectivity index (χ1) is 17.4. The van der Waals surface area contributed by atoms with Gasteiger partial charge in [-0.3, -0.25) is 10.2 Å². The predicted octanol–water partition coefficient (Wildman–Crippen LogP) is 2.39. The molecule has 37 heavy (non-hydrogen) atoms. The van der Waals surface area contributed by atoms with Crippen molar-refractivity contribution in [3.8, 4) is 6.07 Å². The molecule has 3 atom stereocenters. The van der Waals surface area contributed by atoms with Gasteiger partial charge in [0.15, 0.2) is 5.54 Å². The van der Waals surface area contributed by atoms with Crippen LogP contribution in [0.15, 0.2) is 41.6 Å². The van der Waals surface area contributed by atoms with Gasteiger partial charge >= 0.3 is 0 Å². The number of hydrogen-bond acceptors (Lipinski definition) is 8. The number of amides is 1. The summed E-state index contributed by atoms with van der Waals surface area (Å²) in [5, 5.41) is 24.4. The summed E-state index contributed by atoms with van der Waals surface area (Å²) in [6, 6.07) is 2.34. The molecule has 1 unspecified atom stereocenters. The molecule has 4 rings (SSSR count). The number of likely N-dealkylation sites (tertiary alicyclic amines) is 1. The van der Waals surface area contributed by atoms with E-state index in [9.17, 15) is 15.2 Å². The van der Waals surface area contributed by atoms with Crippen molar-refractivity contribution in [1.82, 2.24) is 10.3 Å². The van der Waals surface area contributed by atoms with E-state index in [1.165, 1.54) is 7.11 Å². The first-order valence-electron chi connectivity index (χ1n) is 13.1. The summed E-state index contributed by atoms with van der Waals surface area (Å²) >= 11 is 0. The van der Waals surface area contributed by atoms with E-state index in [0.717, 1.165) is 44.6 Å². The summed E-state index contributed by atoms with van der Waals surface area (Å²) in [7, 11) is 1.54. The van der Waals surface area contributed by atoms with E-state index in [-0.39, 0.29) is 6.61 Å². The number of rotatable bonds is 7. The lowest BCUT2D eigenvalue weighted by molar-refractivity contribution is -0.329. The summed E-state index contributed by atoms with van der Waals surface area (Å²) in [4.78, 5) is 15.6. The summed E-state index contributed by atoms with van der Waals surface area (Å²) in [6.07, 6.45) is 13.6. The normalized spacial score (nSPS) is 33.7. The number of nitrogens with one attached hydrogen (secondary N) is 1. The first kappa shape index (κ1) is 27.4. The molecule has 2 aliphatic carbocycles. The predicted molar refractivity (Wildman–Crippen MR) is 141 cm³/mol. The number of ether oxygens (including phenoxy) is 2. The molecule has 9 nitrogen and oxygen atoms in total. The van der Waals surface area contributed by atoms with Gasteiger partial charge in [0.1, 0.15) is 23.6 Å². The van der Waals surface area contributed by atoms with Crippen LogP contribution in [0.25, 0.3) is 0 Å². The van der Waals surface area contributed by atoms with E-state index < -0.39 is 39.6 Å². The van der Waals surface area contributed by atoms with E-state index >= 15 is 0 Å². The molecule has 4 aliphatic rings. The zero-order chi connectivity index (χ0) is 27.1. The van der Waals surface area contributed by atoms with Crippen molar-refractivity contribution < 1.29 is 19.4 Å². The third-order valence-electron chi connectivity index (χ3n) is 8.95. The maximum absolute atomic E-state index is 13.5. The highest BCUT2D eigenvalue weighted by Crippen LogP contribution is 2.69. The number of nitriles is 1. The Morgan fingerprint density at radius 1 is 1.24 bits per heavy atom. The number of hydrazone groups is 1. The highest BCUT2D eigenvalue weighted by atomic mass is 16.6. The third kappa shape index (κ3) is 4.01. The average molecular weight is 512 g/mol. The van der Waals surface area contributed by atoms with Crippen molar-refractivity contribution in [2.24, 2.45) is 27.6 Å². The highest BCUT2D eigenvalue weighted by Gasteiger charge is 2.79. The van der Waals surface area contributed by atoms with Crippen LogP contribution in [-0.2, 0) is 14.3 Å². The van der Waals surface area contributed by atoms with Crippen LogP contribution < -0.4 is 11.2 Å². The lowest BCUT2D eigenvalue weighted by atomic mass is 9.39. The summed E-state index contributed by atoms with van der Waals surface area (Å²) in [6.45, 7) is 10.0. The van der Waals surface area contributed by atoms with Crippen molar-refractivity contribution in [2.75, 3.05) is 26.8 Å². The van der Waals surface area contributed by atoms with E-state index in [1.807, 2.05) is 39.8 Å². The molecule has 0 bridgehead atoms. The molecule has 0 spiro atoms. The molecule has 1 amide bonds. The van der Waals surface area contributed by atoms with Gasteiger partial charge in [-0.15, -0.1) is 0 Å². The minimum Gasteiger partial charge on any atom is -0.396 e. The van der Waals surface area contributed by atoms with Crippen LogP contribution in [0.4, 0.5) is 0 Å². The Hall–Kier alpha value is -2.67. The first-order valence-corrected chi connectivity index (χ1v) is 13.1. The molecule has 1 saturated heterocycles. The highest BCUT2D eigenvalue weighted by molar-refractivity contribution is 5.98. The van der Waals surface area contributed by atoms with Gasteiger partial charge in [0.05, 0.1) is 0 Å². The minimum atomic E-state index is -1.51. The lowest BCUT2D eigenvalue weighted by Gasteiger charge is -2.72. The van der Waals surface area contributed by atoms with Gasteiger partial charge in [-0.1, -0.05) is 45.9 Å². The Morgan fingerprint density at radius 3 is 2.41 bits per heavy atom. The quantitative estimate of drug-likeness (QED) is 0.478. The summed E-state index contributed by atoms with van der Waals surface area (Å²) in [5.41, 5.74) is 4.05. The molecule has 202 valence electrons. The number of nitrogens with zero attached hydrogens (tertiary/aromatic N) is 3. The van der Waals surface area contributed by atoms with E-state index in [2.05, 4.69) is 21.5 Å². The number of primary amides is 1. The Balaban J connectivity index is 1.73. The van der Waals surface area contributed by atoms with Crippen LogP contribution in [0.5, 0.6) is 0 Å². The number of aliphatic hydroxyl groups excluding tert-OH is 1.